The van der Waals surface area contributed by atoms with Crippen LogP contribution in [0.5, 0.6) is 11.5 Å². The van der Waals surface area contributed by atoms with Crippen LogP contribution in [0.1, 0.15) is 31.1 Å². The SMILES string of the molecule is COc1cccc(N2C(=O)C(=O)/C(=C(/O)c3ccc(OCC(C)C)cc3)C2c2ccccn2)c1. The fourth-order valence-electron chi connectivity index (χ4n) is 3.80. The van der Waals surface area contributed by atoms with Crippen LogP contribution in [-0.4, -0.2) is 35.5 Å². The molecule has 1 saturated heterocycles. The molecule has 34 heavy (non-hydrogen) atoms. The number of benzene rings is 2. The zero-order valence-corrected chi connectivity index (χ0v) is 19.3. The summed E-state index contributed by atoms with van der Waals surface area (Å²) in [7, 11) is 1.53. The number of pyridine rings is 1. The Bertz CT molecular complexity index is 1220. The quantitative estimate of drug-likeness (QED) is 0.312. The summed E-state index contributed by atoms with van der Waals surface area (Å²) in [6.45, 7) is 4.68. The first-order valence-electron chi connectivity index (χ1n) is 11.0. The monoisotopic (exact) mass is 458 g/mol. The van der Waals surface area contributed by atoms with Gasteiger partial charge in [-0.2, -0.15) is 0 Å². The maximum atomic E-state index is 13.2. The second-order valence-electron chi connectivity index (χ2n) is 8.35. The number of hydrogen-bond donors (Lipinski definition) is 1. The van der Waals surface area contributed by atoms with Gasteiger partial charge in [0.1, 0.15) is 23.3 Å². The van der Waals surface area contributed by atoms with Crippen molar-refractivity contribution < 1.29 is 24.2 Å². The van der Waals surface area contributed by atoms with Crippen molar-refractivity contribution in [2.24, 2.45) is 5.92 Å². The van der Waals surface area contributed by atoms with E-state index in [2.05, 4.69) is 18.8 Å². The van der Waals surface area contributed by atoms with Crippen molar-refractivity contribution in [2.45, 2.75) is 19.9 Å². The van der Waals surface area contributed by atoms with Crippen molar-refractivity contribution in [1.82, 2.24) is 4.98 Å². The summed E-state index contributed by atoms with van der Waals surface area (Å²) in [6, 6.07) is 18.0. The van der Waals surface area contributed by atoms with Crippen molar-refractivity contribution in [3.63, 3.8) is 0 Å². The van der Waals surface area contributed by atoms with Gasteiger partial charge in [-0.05, 0) is 54.4 Å². The van der Waals surface area contributed by atoms with Gasteiger partial charge in [0, 0.05) is 23.5 Å². The lowest BCUT2D eigenvalue weighted by Crippen LogP contribution is -2.29. The number of nitrogens with zero attached hydrogens (tertiary/aromatic N) is 2. The number of amides is 1. The average Bonchev–Trinajstić information content (AvgIpc) is 3.13. The fourth-order valence-corrected chi connectivity index (χ4v) is 3.80. The molecule has 3 aromatic rings. The number of ether oxygens (including phenoxy) is 2. The Labute approximate surface area is 198 Å². The molecule has 7 nitrogen and oxygen atoms in total. The molecule has 4 rings (SSSR count). The Morgan fingerprint density at radius 3 is 2.44 bits per heavy atom. The topological polar surface area (TPSA) is 89.0 Å². The van der Waals surface area contributed by atoms with Crippen LogP contribution in [0.15, 0.2) is 78.5 Å². The number of aromatic nitrogens is 1. The predicted molar refractivity (Wildman–Crippen MR) is 129 cm³/mol. The van der Waals surface area contributed by atoms with Crippen LogP contribution in [0.2, 0.25) is 0 Å². The Kier molecular flexibility index (Phi) is 6.63. The summed E-state index contributed by atoms with van der Waals surface area (Å²) in [5, 5.41) is 11.2. The van der Waals surface area contributed by atoms with Crippen LogP contribution in [0.25, 0.3) is 5.76 Å². The van der Waals surface area contributed by atoms with E-state index in [4.69, 9.17) is 9.47 Å². The van der Waals surface area contributed by atoms with E-state index in [1.807, 2.05) is 0 Å². The number of methoxy groups -OCH3 is 1. The standard InChI is InChI=1S/C27H26N2O5/c1-17(2)16-34-20-12-10-18(11-13-20)25(30)23-24(22-9-4-5-14-28-22)29(27(32)26(23)31)19-7-6-8-21(15-19)33-3/h4-15,17,24,30H,16H2,1-3H3/b25-23+. The minimum atomic E-state index is -0.898. The second kappa shape index (κ2) is 9.79. The number of Topliss-reactive ketones (excluding diaryl/α,β-unsaturated/α-hetero) is 1. The molecule has 1 fully saturated rings. The van der Waals surface area contributed by atoms with Gasteiger partial charge in [-0.1, -0.05) is 26.0 Å². The van der Waals surface area contributed by atoms with Gasteiger partial charge >= 0.3 is 0 Å². The van der Waals surface area contributed by atoms with E-state index in [0.717, 1.165) is 0 Å². The van der Waals surface area contributed by atoms with E-state index >= 15 is 0 Å². The van der Waals surface area contributed by atoms with Crippen LogP contribution in [0.4, 0.5) is 5.69 Å². The number of rotatable bonds is 7. The van der Waals surface area contributed by atoms with E-state index in [-0.39, 0.29) is 11.3 Å². The largest absolute Gasteiger partial charge is 0.507 e. The van der Waals surface area contributed by atoms with Gasteiger partial charge in [0.05, 0.1) is 25.0 Å². The summed E-state index contributed by atoms with van der Waals surface area (Å²) < 4.78 is 11.0. The van der Waals surface area contributed by atoms with E-state index in [1.54, 1.807) is 72.9 Å². The third-order valence-corrected chi connectivity index (χ3v) is 5.45. The highest BCUT2D eigenvalue weighted by atomic mass is 16.5. The molecule has 2 aromatic carbocycles. The molecule has 0 radical (unpaired) electrons. The number of ketones is 1. The van der Waals surface area contributed by atoms with Gasteiger partial charge in [0.2, 0.25) is 0 Å². The van der Waals surface area contributed by atoms with Crippen LogP contribution >= 0.6 is 0 Å². The number of carbonyl (C=O) groups is 2. The summed E-state index contributed by atoms with van der Waals surface area (Å²) in [5.74, 6) is -0.230. The van der Waals surface area contributed by atoms with Crippen LogP contribution < -0.4 is 14.4 Å². The molecule has 2 heterocycles. The Balaban J connectivity index is 1.80. The van der Waals surface area contributed by atoms with E-state index in [9.17, 15) is 14.7 Å². The molecular formula is C27H26N2O5. The highest BCUT2D eigenvalue weighted by Crippen LogP contribution is 2.42. The number of anilines is 1. The molecule has 0 aliphatic carbocycles. The lowest BCUT2D eigenvalue weighted by Gasteiger charge is -2.24. The van der Waals surface area contributed by atoms with Gasteiger partial charge in [0.25, 0.3) is 11.7 Å². The van der Waals surface area contributed by atoms with E-state index in [0.29, 0.717) is 41.0 Å². The maximum Gasteiger partial charge on any atom is 0.300 e. The molecule has 0 spiro atoms. The summed E-state index contributed by atoms with van der Waals surface area (Å²) in [6.07, 6.45) is 1.59. The van der Waals surface area contributed by atoms with Crippen molar-refractivity contribution >= 4 is 23.1 Å². The third kappa shape index (κ3) is 4.50. The van der Waals surface area contributed by atoms with Crippen molar-refractivity contribution in [3.8, 4) is 11.5 Å². The smallest absolute Gasteiger partial charge is 0.300 e. The lowest BCUT2D eigenvalue weighted by atomic mass is 9.98. The zero-order valence-electron chi connectivity index (χ0n) is 19.3. The minimum absolute atomic E-state index is 0.0256. The van der Waals surface area contributed by atoms with Crippen molar-refractivity contribution in [1.29, 1.82) is 0 Å². The maximum absolute atomic E-state index is 13.2. The molecule has 1 amide bonds. The molecule has 0 bridgehead atoms. The summed E-state index contributed by atoms with van der Waals surface area (Å²) >= 11 is 0. The third-order valence-electron chi connectivity index (χ3n) is 5.45. The average molecular weight is 459 g/mol. The molecule has 1 aliphatic rings. The fraction of sp³-hybridized carbons (Fsp3) is 0.222. The van der Waals surface area contributed by atoms with Gasteiger partial charge in [-0.25, -0.2) is 0 Å². The zero-order chi connectivity index (χ0) is 24.2. The lowest BCUT2D eigenvalue weighted by molar-refractivity contribution is -0.132. The number of carbonyl (C=O) groups excluding carboxylic acids is 2. The van der Waals surface area contributed by atoms with Gasteiger partial charge in [-0.3, -0.25) is 19.5 Å². The van der Waals surface area contributed by atoms with Gasteiger partial charge < -0.3 is 14.6 Å². The van der Waals surface area contributed by atoms with Crippen LogP contribution in [0, 0.1) is 5.92 Å². The highest BCUT2D eigenvalue weighted by molar-refractivity contribution is 6.51. The normalized spacial score (nSPS) is 17.3. The molecule has 1 atom stereocenters. The number of aliphatic hydroxyl groups excluding tert-OH is 1. The molecule has 1 N–H and O–H groups in total. The molecule has 7 heteroatoms. The Morgan fingerprint density at radius 1 is 1.03 bits per heavy atom. The molecule has 1 unspecified atom stereocenters. The highest BCUT2D eigenvalue weighted by Gasteiger charge is 2.47. The first-order chi connectivity index (χ1) is 16.4. The molecule has 1 aromatic heterocycles. The van der Waals surface area contributed by atoms with Crippen LogP contribution in [0.3, 0.4) is 0 Å². The molecular weight excluding hydrogens is 432 g/mol. The van der Waals surface area contributed by atoms with Crippen molar-refractivity contribution in [3.05, 3.63) is 89.8 Å². The van der Waals surface area contributed by atoms with E-state index in [1.165, 1.54) is 12.0 Å². The summed E-state index contributed by atoms with van der Waals surface area (Å²) in [5.41, 5.74) is 1.31. The van der Waals surface area contributed by atoms with Crippen LogP contribution in [-0.2, 0) is 9.59 Å². The summed E-state index contributed by atoms with van der Waals surface area (Å²) in [4.78, 5) is 32.1. The number of hydrogen-bond acceptors (Lipinski definition) is 6. The Morgan fingerprint density at radius 2 is 1.79 bits per heavy atom. The number of aliphatic hydroxyl groups is 1. The van der Waals surface area contributed by atoms with Gasteiger partial charge in [-0.15, -0.1) is 0 Å². The first kappa shape index (κ1) is 23.0. The molecule has 0 saturated carbocycles. The molecule has 174 valence electrons. The predicted octanol–water partition coefficient (Wildman–Crippen LogP) is 4.75. The second-order valence-corrected chi connectivity index (χ2v) is 8.35. The van der Waals surface area contributed by atoms with Crippen molar-refractivity contribution in [2.75, 3.05) is 18.6 Å². The Hall–Kier alpha value is -4.13. The van der Waals surface area contributed by atoms with Gasteiger partial charge in [0.15, 0.2) is 0 Å². The van der Waals surface area contributed by atoms with E-state index < -0.39 is 17.7 Å². The molecule has 1 aliphatic heterocycles. The minimum Gasteiger partial charge on any atom is -0.507 e. The first-order valence-corrected chi connectivity index (χ1v) is 11.0.